The molecule has 0 radical (unpaired) electrons. The molecule has 0 N–H and O–H groups in total. The second-order valence-corrected chi connectivity index (χ2v) is 20.5. The third-order valence-corrected chi connectivity index (χ3v) is 17.4. The summed E-state index contributed by atoms with van der Waals surface area (Å²) >= 11 is -6.83. The van der Waals surface area contributed by atoms with E-state index in [1.54, 1.807) is 84.9 Å². The number of alkyl halides is 6. The zero-order chi connectivity index (χ0) is 37.0. The molecule has 0 fully saturated rings. The van der Waals surface area contributed by atoms with Crippen molar-refractivity contribution in [1.82, 2.24) is 0 Å². The standard InChI is InChI=1S/2C16H12F3IO4S/c2*1-23-15-9-7-13(8-10-15)11-12-20(14-5-3-2-4-6-14)24-25(21,22)16(17,18)19/h2*2-10H,1H3. The van der Waals surface area contributed by atoms with Crippen LogP contribution < -0.4 is 9.47 Å². The van der Waals surface area contributed by atoms with E-state index in [0.717, 1.165) is 0 Å². The van der Waals surface area contributed by atoms with Gasteiger partial charge in [-0.3, -0.25) is 0 Å². The Morgan fingerprint density at radius 2 is 0.800 bits per heavy atom. The van der Waals surface area contributed by atoms with Crippen molar-refractivity contribution in [1.29, 1.82) is 0 Å². The van der Waals surface area contributed by atoms with Crippen molar-refractivity contribution in [2.24, 2.45) is 0 Å². The molecule has 4 rings (SSSR count). The van der Waals surface area contributed by atoms with Gasteiger partial charge in [0.1, 0.15) is 0 Å². The predicted octanol–water partition coefficient (Wildman–Crippen LogP) is 8.32. The molecule has 0 bridgehead atoms. The van der Waals surface area contributed by atoms with Crippen molar-refractivity contribution in [3.05, 3.63) is 127 Å². The van der Waals surface area contributed by atoms with Crippen LogP contribution in [0.1, 0.15) is 11.1 Å². The van der Waals surface area contributed by atoms with Crippen LogP contribution in [-0.4, -0.2) is 42.1 Å². The van der Waals surface area contributed by atoms with Crippen molar-refractivity contribution in [2.45, 2.75) is 11.0 Å². The van der Waals surface area contributed by atoms with Crippen LogP contribution in [0, 0.1) is 26.8 Å². The Morgan fingerprint density at radius 3 is 1.06 bits per heavy atom. The molecule has 0 atom stereocenters. The number of hydrogen-bond donors (Lipinski definition) is 0. The first-order valence-electron chi connectivity index (χ1n) is 13.3. The van der Waals surface area contributed by atoms with E-state index in [0.29, 0.717) is 29.8 Å². The Kier molecular flexibility index (Phi) is 14.8. The summed E-state index contributed by atoms with van der Waals surface area (Å²) in [4.78, 5) is 0. The third-order valence-electron chi connectivity index (χ3n) is 5.46. The van der Waals surface area contributed by atoms with Gasteiger partial charge in [0.15, 0.2) is 0 Å². The van der Waals surface area contributed by atoms with E-state index in [4.69, 9.17) is 9.47 Å². The van der Waals surface area contributed by atoms with Crippen LogP contribution in [0.2, 0.25) is 0 Å². The van der Waals surface area contributed by atoms with Crippen LogP contribution in [0.15, 0.2) is 109 Å². The van der Waals surface area contributed by atoms with E-state index in [1.807, 2.05) is 0 Å². The molecule has 0 spiro atoms. The molecule has 0 aromatic heterocycles. The summed E-state index contributed by atoms with van der Waals surface area (Å²) in [6, 6.07) is 28.7. The molecule has 4 aromatic carbocycles. The minimum absolute atomic E-state index is 0.348. The Bertz CT molecular complexity index is 1890. The summed E-state index contributed by atoms with van der Waals surface area (Å²) in [5.74, 6) is 6.55. The molecule has 8 nitrogen and oxygen atoms in total. The second-order valence-electron chi connectivity index (χ2n) is 8.91. The van der Waals surface area contributed by atoms with Crippen LogP contribution in [0.3, 0.4) is 0 Å². The van der Waals surface area contributed by atoms with Gasteiger partial charge in [0.05, 0.1) is 0 Å². The van der Waals surface area contributed by atoms with Gasteiger partial charge >= 0.3 is 302 Å². The second kappa shape index (κ2) is 18.1. The third kappa shape index (κ3) is 12.3. The molecular formula is C32H24F6I2O8S2. The summed E-state index contributed by atoms with van der Waals surface area (Å²) in [5, 5.41) is 0. The average molecular weight is 968 g/mol. The van der Waals surface area contributed by atoms with Crippen molar-refractivity contribution >= 4 is 60.7 Å². The van der Waals surface area contributed by atoms with Crippen LogP contribution in [-0.2, 0) is 25.3 Å². The zero-order valence-corrected chi connectivity index (χ0v) is 31.4. The molecule has 18 heteroatoms. The quantitative estimate of drug-likeness (QED) is 0.0752. The van der Waals surface area contributed by atoms with E-state index in [2.05, 4.69) is 24.7 Å². The van der Waals surface area contributed by atoms with E-state index in [-0.39, 0.29) is 0 Å². The van der Waals surface area contributed by atoms with Crippen LogP contribution in [0.25, 0.3) is 0 Å². The van der Waals surface area contributed by atoms with Gasteiger partial charge in [0.2, 0.25) is 0 Å². The van der Waals surface area contributed by atoms with Gasteiger partial charge < -0.3 is 0 Å². The van der Waals surface area contributed by atoms with Crippen molar-refractivity contribution in [3.8, 4) is 31.2 Å². The molecule has 4 aromatic rings. The van der Waals surface area contributed by atoms with Crippen LogP contribution in [0.4, 0.5) is 26.3 Å². The number of benzene rings is 4. The molecule has 0 aliphatic heterocycles. The van der Waals surface area contributed by atoms with E-state index in [1.165, 1.54) is 38.5 Å². The summed E-state index contributed by atoms with van der Waals surface area (Å²) < 4.78 is 146. The molecule has 0 aliphatic carbocycles. The first kappa shape index (κ1) is 40.9. The van der Waals surface area contributed by atoms with Crippen molar-refractivity contribution < 1.29 is 57.7 Å². The Morgan fingerprint density at radius 1 is 0.500 bits per heavy atom. The number of rotatable bonds is 8. The maximum absolute atomic E-state index is 12.6. The first-order valence-corrected chi connectivity index (χ1v) is 22.2. The molecule has 0 heterocycles. The summed E-state index contributed by atoms with van der Waals surface area (Å²) in [7, 11) is -8.43. The molecule has 0 saturated carbocycles. The summed E-state index contributed by atoms with van der Waals surface area (Å²) in [6.07, 6.45) is 0. The number of hydrogen-bond acceptors (Lipinski definition) is 8. The van der Waals surface area contributed by atoms with E-state index in [9.17, 15) is 43.2 Å². The van der Waals surface area contributed by atoms with Crippen molar-refractivity contribution in [2.75, 3.05) is 14.2 Å². The Labute approximate surface area is 300 Å². The molecule has 0 amide bonds. The summed E-state index contributed by atoms with van der Waals surface area (Å²) in [6.45, 7) is 0. The SMILES string of the molecule is COc1ccc(C#CI(OS(=O)(=O)C(F)(F)F)c2ccccc2)cc1.COc1ccc(C#CI(OS(=O)(=O)C(F)(F)F)c2ccccc2)cc1. The van der Waals surface area contributed by atoms with Gasteiger partial charge in [0.25, 0.3) is 0 Å². The van der Waals surface area contributed by atoms with Gasteiger partial charge in [-0.15, -0.1) is 0 Å². The monoisotopic (exact) mass is 968 g/mol. The van der Waals surface area contributed by atoms with Gasteiger partial charge in [-0.1, -0.05) is 0 Å². The summed E-state index contributed by atoms with van der Waals surface area (Å²) in [5.41, 5.74) is -9.96. The average Bonchev–Trinajstić information content (AvgIpc) is 3.09. The van der Waals surface area contributed by atoms with Gasteiger partial charge in [-0.05, 0) is 0 Å². The van der Waals surface area contributed by atoms with Crippen LogP contribution >= 0.6 is 40.5 Å². The first-order chi connectivity index (χ1) is 23.5. The maximum atomic E-state index is 12.6. The zero-order valence-electron chi connectivity index (χ0n) is 25.5. The molecule has 0 saturated heterocycles. The van der Waals surface area contributed by atoms with Gasteiger partial charge in [-0.25, -0.2) is 0 Å². The molecule has 0 unspecified atom stereocenters. The normalized spacial score (nSPS) is 12.1. The van der Waals surface area contributed by atoms with E-state index < -0.39 is 71.7 Å². The van der Waals surface area contributed by atoms with Gasteiger partial charge in [0, 0.05) is 0 Å². The number of methoxy groups -OCH3 is 2. The minimum atomic E-state index is -5.71. The number of ether oxygens (including phenoxy) is 2. The van der Waals surface area contributed by atoms with Gasteiger partial charge in [-0.2, -0.15) is 0 Å². The topological polar surface area (TPSA) is 105 Å². The molecular weight excluding hydrogens is 944 g/mol. The Hall–Kier alpha value is -3.54. The number of halogens is 8. The fraction of sp³-hybridized carbons (Fsp3) is 0.125. The molecule has 50 heavy (non-hydrogen) atoms. The predicted molar refractivity (Wildman–Crippen MR) is 190 cm³/mol. The molecule has 0 aliphatic rings. The Balaban J connectivity index is 0.000000270. The van der Waals surface area contributed by atoms with E-state index >= 15 is 0 Å². The molecule has 268 valence electrons. The van der Waals surface area contributed by atoms with Crippen molar-refractivity contribution in [3.63, 3.8) is 0 Å². The van der Waals surface area contributed by atoms with Crippen LogP contribution in [0.5, 0.6) is 11.5 Å². The fourth-order valence-electron chi connectivity index (χ4n) is 3.05. The fourth-order valence-corrected chi connectivity index (χ4v) is 13.5.